The molecule has 1 aliphatic heterocycles. The van der Waals surface area contributed by atoms with Gasteiger partial charge in [-0.2, -0.15) is 5.10 Å². The number of benzene rings is 2. The number of ether oxygens (including phenoxy) is 1. The highest BCUT2D eigenvalue weighted by atomic mass is 35.5. The topological polar surface area (TPSA) is 28.1 Å². The van der Waals surface area contributed by atoms with Gasteiger partial charge in [0.25, 0.3) is 0 Å². The van der Waals surface area contributed by atoms with Gasteiger partial charge in [-0.25, -0.2) is 0 Å². The Kier molecular flexibility index (Phi) is 7.56. The molecule has 0 spiro atoms. The summed E-state index contributed by atoms with van der Waals surface area (Å²) in [5.74, 6) is 0.861. The summed E-state index contributed by atoms with van der Waals surface area (Å²) in [5.41, 5.74) is 2.27. The van der Waals surface area contributed by atoms with Crippen LogP contribution in [0.25, 0.3) is 0 Å². The zero-order valence-electron chi connectivity index (χ0n) is 14.3. The van der Waals surface area contributed by atoms with Crippen LogP contribution in [-0.2, 0) is 6.54 Å². The molecule has 25 heavy (non-hydrogen) atoms. The lowest BCUT2D eigenvalue weighted by Gasteiger charge is -2.33. The Morgan fingerprint density at radius 3 is 2.36 bits per heavy atom. The average molecular weight is 380 g/mol. The fraction of sp³-hybridized carbons (Fsp3) is 0.316. The van der Waals surface area contributed by atoms with E-state index in [1.807, 2.05) is 48.7 Å². The van der Waals surface area contributed by atoms with Crippen molar-refractivity contribution in [2.75, 3.05) is 33.3 Å². The van der Waals surface area contributed by atoms with Crippen molar-refractivity contribution >= 4 is 30.2 Å². The van der Waals surface area contributed by atoms with Gasteiger partial charge in [-0.15, -0.1) is 12.4 Å². The van der Waals surface area contributed by atoms with Crippen LogP contribution in [0.2, 0.25) is 5.02 Å². The molecule has 0 amide bonds. The minimum atomic E-state index is 0. The SMILES string of the molecule is COc1ccc(/C=N/N2CCN(Cc3ccccc3Cl)CC2)cc1.Cl. The number of piperazine rings is 1. The molecule has 134 valence electrons. The zero-order chi connectivity index (χ0) is 16.8. The Hall–Kier alpha value is -1.75. The van der Waals surface area contributed by atoms with E-state index in [4.69, 9.17) is 16.3 Å². The summed E-state index contributed by atoms with van der Waals surface area (Å²) < 4.78 is 5.16. The number of nitrogens with zero attached hydrogens (tertiary/aromatic N) is 3. The quantitative estimate of drug-likeness (QED) is 0.736. The van der Waals surface area contributed by atoms with Crippen molar-refractivity contribution in [2.45, 2.75) is 6.54 Å². The second-order valence-corrected chi connectivity index (χ2v) is 6.25. The standard InChI is InChI=1S/C19H22ClN3O.ClH/c1-24-18-8-6-16(7-9-18)14-21-23-12-10-22(11-13-23)15-17-4-2-3-5-19(17)20;/h2-9,14H,10-13,15H2,1H3;1H/b21-14+;. The second-order valence-electron chi connectivity index (χ2n) is 5.84. The normalized spacial score (nSPS) is 15.2. The van der Waals surface area contributed by atoms with Gasteiger partial charge in [-0.05, 0) is 41.5 Å². The predicted octanol–water partition coefficient (Wildman–Crippen LogP) is 3.92. The number of hydrogen-bond acceptors (Lipinski definition) is 4. The number of hydrogen-bond donors (Lipinski definition) is 0. The molecule has 0 aliphatic carbocycles. The van der Waals surface area contributed by atoms with Gasteiger partial charge in [-0.1, -0.05) is 29.8 Å². The first kappa shape index (κ1) is 19.6. The van der Waals surface area contributed by atoms with Crippen LogP contribution in [0.5, 0.6) is 5.75 Å². The lowest BCUT2D eigenvalue weighted by Crippen LogP contribution is -2.43. The molecule has 0 unspecified atom stereocenters. The van der Waals surface area contributed by atoms with Gasteiger partial charge < -0.3 is 4.74 Å². The maximum absolute atomic E-state index is 6.24. The molecular formula is C19H23Cl2N3O. The van der Waals surface area contributed by atoms with Crippen LogP contribution in [0.1, 0.15) is 11.1 Å². The van der Waals surface area contributed by atoms with E-state index >= 15 is 0 Å². The van der Waals surface area contributed by atoms with Crippen molar-refractivity contribution in [3.8, 4) is 5.75 Å². The zero-order valence-corrected chi connectivity index (χ0v) is 15.8. The third-order valence-electron chi connectivity index (χ3n) is 4.19. The molecule has 1 saturated heterocycles. The molecule has 0 bridgehead atoms. The van der Waals surface area contributed by atoms with Crippen molar-refractivity contribution in [2.24, 2.45) is 5.10 Å². The molecule has 3 rings (SSSR count). The van der Waals surface area contributed by atoms with E-state index < -0.39 is 0 Å². The van der Waals surface area contributed by atoms with Crippen molar-refractivity contribution in [1.29, 1.82) is 0 Å². The van der Waals surface area contributed by atoms with E-state index in [0.29, 0.717) is 0 Å². The van der Waals surface area contributed by atoms with Crippen molar-refractivity contribution in [3.63, 3.8) is 0 Å². The van der Waals surface area contributed by atoms with Crippen molar-refractivity contribution < 1.29 is 4.74 Å². The fourth-order valence-electron chi connectivity index (χ4n) is 2.72. The summed E-state index contributed by atoms with van der Waals surface area (Å²) in [5, 5.41) is 7.55. The minimum absolute atomic E-state index is 0. The van der Waals surface area contributed by atoms with Gasteiger partial charge in [0.05, 0.1) is 13.3 Å². The number of hydrazone groups is 1. The van der Waals surface area contributed by atoms with Crippen LogP contribution in [-0.4, -0.2) is 49.4 Å². The molecular weight excluding hydrogens is 357 g/mol. The molecule has 2 aromatic rings. The first-order valence-corrected chi connectivity index (χ1v) is 8.51. The molecule has 6 heteroatoms. The Bertz CT molecular complexity index is 683. The molecule has 1 aliphatic rings. The molecule has 1 fully saturated rings. The Morgan fingerprint density at radius 1 is 1.04 bits per heavy atom. The molecule has 4 nitrogen and oxygen atoms in total. The van der Waals surface area contributed by atoms with Gasteiger partial charge in [0.1, 0.15) is 5.75 Å². The first-order valence-electron chi connectivity index (χ1n) is 8.13. The van der Waals surface area contributed by atoms with E-state index in [1.165, 1.54) is 5.56 Å². The second kappa shape index (κ2) is 9.66. The van der Waals surface area contributed by atoms with E-state index in [1.54, 1.807) is 7.11 Å². The molecule has 0 N–H and O–H groups in total. The van der Waals surface area contributed by atoms with Crippen molar-refractivity contribution in [3.05, 3.63) is 64.7 Å². The lowest BCUT2D eigenvalue weighted by atomic mass is 10.2. The van der Waals surface area contributed by atoms with Crippen LogP contribution in [0.4, 0.5) is 0 Å². The number of methoxy groups -OCH3 is 1. The average Bonchev–Trinajstić information content (AvgIpc) is 2.63. The summed E-state index contributed by atoms with van der Waals surface area (Å²) >= 11 is 6.24. The molecule has 0 radical (unpaired) electrons. The number of halogens is 2. The number of rotatable bonds is 5. The van der Waals surface area contributed by atoms with Crippen LogP contribution < -0.4 is 4.74 Å². The van der Waals surface area contributed by atoms with E-state index in [0.717, 1.165) is 49.1 Å². The Morgan fingerprint density at radius 2 is 1.72 bits per heavy atom. The third-order valence-corrected chi connectivity index (χ3v) is 4.56. The smallest absolute Gasteiger partial charge is 0.118 e. The van der Waals surface area contributed by atoms with E-state index in [2.05, 4.69) is 21.1 Å². The van der Waals surface area contributed by atoms with Gasteiger partial charge in [0.15, 0.2) is 0 Å². The summed E-state index contributed by atoms with van der Waals surface area (Å²) in [6.07, 6.45) is 1.91. The van der Waals surface area contributed by atoms with E-state index in [-0.39, 0.29) is 12.4 Å². The van der Waals surface area contributed by atoms with Crippen LogP contribution in [0.15, 0.2) is 53.6 Å². The molecule has 2 aromatic carbocycles. The maximum atomic E-state index is 6.24. The highest BCUT2D eigenvalue weighted by Gasteiger charge is 2.16. The summed E-state index contributed by atoms with van der Waals surface area (Å²) in [6, 6.07) is 16.0. The monoisotopic (exact) mass is 379 g/mol. The van der Waals surface area contributed by atoms with Gasteiger partial charge >= 0.3 is 0 Å². The largest absolute Gasteiger partial charge is 0.497 e. The van der Waals surface area contributed by atoms with Crippen molar-refractivity contribution in [1.82, 2.24) is 9.91 Å². The highest BCUT2D eigenvalue weighted by molar-refractivity contribution is 6.31. The molecule has 0 atom stereocenters. The fourth-order valence-corrected chi connectivity index (χ4v) is 2.91. The van der Waals surface area contributed by atoms with Crippen LogP contribution in [0.3, 0.4) is 0 Å². The Balaban J connectivity index is 0.00000225. The highest BCUT2D eigenvalue weighted by Crippen LogP contribution is 2.18. The van der Waals surface area contributed by atoms with Gasteiger partial charge in [0, 0.05) is 37.7 Å². The summed E-state index contributed by atoms with van der Waals surface area (Å²) in [6.45, 7) is 4.74. The molecule has 1 heterocycles. The van der Waals surface area contributed by atoms with E-state index in [9.17, 15) is 0 Å². The lowest BCUT2D eigenvalue weighted by molar-refractivity contribution is 0.131. The van der Waals surface area contributed by atoms with Gasteiger partial charge in [-0.3, -0.25) is 9.91 Å². The minimum Gasteiger partial charge on any atom is -0.497 e. The predicted molar refractivity (Wildman–Crippen MR) is 106 cm³/mol. The van der Waals surface area contributed by atoms with Gasteiger partial charge in [0.2, 0.25) is 0 Å². The summed E-state index contributed by atoms with van der Waals surface area (Å²) in [7, 11) is 1.67. The maximum Gasteiger partial charge on any atom is 0.118 e. The molecule has 0 aromatic heterocycles. The third kappa shape index (κ3) is 5.63. The van der Waals surface area contributed by atoms with Crippen LogP contribution >= 0.6 is 24.0 Å². The first-order chi connectivity index (χ1) is 11.7. The van der Waals surface area contributed by atoms with Crippen LogP contribution in [0, 0.1) is 0 Å². The molecule has 0 saturated carbocycles. The summed E-state index contributed by atoms with van der Waals surface area (Å²) in [4.78, 5) is 2.42. The Labute approximate surface area is 160 Å².